The molecule has 1 atom stereocenters. The fourth-order valence-electron chi connectivity index (χ4n) is 2.29. The molecule has 0 aromatic heterocycles. The third-order valence-corrected chi connectivity index (χ3v) is 3.06. The highest BCUT2D eigenvalue weighted by Gasteiger charge is 2.31. The summed E-state index contributed by atoms with van der Waals surface area (Å²) in [6.07, 6.45) is 0. The van der Waals surface area contributed by atoms with Crippen LogP contribution in [-0.4, -0.2) is 12.5 Å². The molecular weight excluding hydrogens is 212 g/mol. The maximum Gasteiger partial charge on any atom is 0.246 e. The van der Waals surface area contributed by atoms with E-state index >= 15 is 0 Å². The van der Waals surface area contributed by atoms with Gasteiger partial charge in [-0.1, -0.05) is 31.5 Å². The minimum atomic E-state index is -0.189. The summed E-state index contributed by atoms with van der Waals surface area (Å²) in [6, 6.07) is 4.01. The van der Waals surface area contributed by atoms with Crippen LogP contribution in [0.3, 0.4) is 0 Å². The highest BCUT2D eigenvalue weighted by atomic mass is 16.2. The minimum absolute atomic E-state index is 0.0642. The van der Waals surface area contributed by atoms with E-state index in [0.29, 0.717) is 5.92 Å². The molecule has 0 aliphatic carbocycles. The lowest BCUT2D eigenvalue weighted by Crippen LogP contribution is -2.30. The van der Waals surface area contributed by atoms with Gasteiger partial charge in [-0.25, -0.2) is 0 Å². The molecule has 0 fully saturated rings. The number of rotatable bonds is 3. The molecule has 2 rings (SSSR count). The third kappa shape index (κ3) is 2.34. The maximum atomic E-state index is 11.9. The summed E-state index contributed by atoms with van der Waals surface area (Å²) in [5.41, 5.74) is 4.42. The van der Waals surface area contributed by atoms with Crippen LogP contribution >= 0.6 is 0 Å². The second kappa shape index (κ2) is 4.49. The van der Waals surface area contributed by atoms with Gasteiger partial charge in [-0.15, -0.1) is 0 Å². The van der Waals surface area contributed by atoms with Crippen LogP contribution in [0.4, 0.5) is 5.69 Å². The molecule has 1 amide bonds. The molecule has 1 heterocycles. The van der Waals surface area contributed by atoms with Gasteiger partial charge in [0.2, 0.25) is 5.91 Å². The van der Waals surface area contributed by atoms with E-state index in [4.69, 9.17) is 0 Å². The summed E-state index contributed by atoms with van der Waals surface area (Å²) < 4.78 is 0. The Labute approximate surface area is 103 Å². The zero-order chi connectivity index (χ0) is 12.6. The van der Waals surface area contributed by atoms with E-state index in [1.54, 1.807) is 0 Å². The fraction of sp³-hybridized carbons (Fsp3) is 0.500. The Kier molecular flexibility index (Phi) is 3.20. The van der Waals surface area contributed by atoms with E-state index < -0.39 is 0 Å². The van der Waals surface area contributed by atoms with Crippen LogP contribution in [0, 0.1) is 19.8 Å². The molecule has 1 aliphatic heterocycles. The molecule has 0 spiro atoms. The quantitative estimate of drug-likeness (QED) is 0.841. The lowest BCUT2D eigenvalue weighted by Gasteiger charge is -2.14. The Balaban J connectivity index is 2.30. The van der Waals surface area contributed by atoms with Gasteiger partial charge in [0.25, 0.3) is 0 Å². The van der Waals surface area contributed by atoms with E-state index in [-0.39, 0.29) is 11.9 Å². The lowest BCUT2D eigenvalue weighted by atomic mass is 10.0. The van der Waals surface area contributed by atoms with Crippen molar-refractivity contribution in [3.05, 3.63) is 28.8 Å². The number of hydrogen-bond acceptors (Lipinski definition) is 2. The van der Waals surface area contributed by atoms with E-state index in [2.05, 4.69) is 43.5 Å². The average molecular weight is 232 g/mol. The SMILES string of the molecule is Cc1cc(C)c2c(c1)C(NCC(C)C)C(=O)N2. The Morgan fingerprint density at radius 2 is 2.06 bits per heavy atom. The van der Waals surface area contributed by atoms with Crippen LogP contribution in [0.25, 0.3) is 0 Å². The van der Waals surface area contributed by atoms with E-state index in [1.165, 1.54) is 5.56 Å². The van der Waals surface area contributed by atoms with E-state index in [0.717, 1.165) is 23.4 Å². The molecule has 0 saturated heterocycles. The van der Waals surface area contributed by atoms with Gasteiger partial charge in [-0.05, 0) is 31.9 Å². The van der Waals surface area contributed by atoms with Gasteiger partial charge in [0.1, 0.15) is 6.04 Å². The first-order chi connectivity index (χ1) is 7.99. The molecule has 3 nitrogen and oxygen atoms in total. The molecule has 92 valence electrons. The van der Waals surface area contributed by atoms with Crippen molar-refractivity contribution >= 4 is 11.6 Å². The molecule has 1 aliphatic rings. The summed E-state index contributed by atoms with van der Waals surface area (Å²) in [6.45, 7) is 9.24. The van der Waals surface area contributed by atoms with Crippen molar-refractivity contribution in [2.45, 2.75) is 33.7 Å². The van der Waals surface area contributed by atoms with Gasteiger partial charge >= 0.3 is 0 Å². The van der Waals surface area contributed by atoms with Crippen molar-refractivity contribution in [3.8, 4) is 0 Å². The number of hydrogen-bond donors (Lipinski definition) is 2. The highest BCUT2D eigenvalue weighted by Crippen LogP contribution is 2.34. The molecule has 1 unspecified atom stereocenters. The first kappa shape index (κ1) is 12.1. The van der Waals surface area contributed by atoms with Gasteiger partial charge < -0.3 is 10.6 Å². The first-order valence-electron chi connectivity index (χ1n) is 6.14. The van der Waals surface area contributed by atoms with Gasteiger partial charge in [0.05, 0.1) is 0 Å². The highest BCUT2D eigenvalue weighted by molar-refractivity contribution is 6.03. The van der Waals surface area contributed by atoms with Crippen molar-refractivity contribution < 1.29 is 4.79 Å². The molecule has 17 heavy (non-hydrogen) atoms. The van der Waals surface area contributed by atoms with Crippen molar-refractivity contribution in [1.82, 2.24) is 5.32 Å². The first-order valence-corrected chi connectivity index (χ1v) is 6.14. The lowest BCUT2D eigenvalue weighted by molar-refractivity contribution is -0.117. The van der Waals surface area contributed by atoms with Crippen LogP contribution in [0.5, 0.6) is 0 Å². The zero-order valence-electron chi connectivity index (χ0n) is 10.9. The maximum absolute atomic E-state index is 11.9. The van der Waals surface area contributed by atoms with Crippen LogP contribution in [0.2, 0.25) is 0 Å². The van der Waals surface area contributed by atoms with Gasteiger partial charge in [-0.3, -0.25) is 4.79 Å². The Hall–Kier alpha value is -1.35. The van der Waals surface area contributed by atoms with Gasteiger partial charge in [-0.2, -0.15) is 0 Å². The minimum Gasteiger partial charge on any atom is -0.324 e. The Morgan fingerprint density at radius 1 is 1.35 bits per heavy atom. The zero-order valence-corrected chi connectivity index (χ0v) is 10.9. The van der Waals surface area contributed by atoms with Crippen LogP contribution < -0.4 is 10.6 Å². The van der Waals surface area contributed by atoms with Gasteiger partial charge in [0.15, 0.2) is 0 Å². The molecule has 0 radical (unpaired) electrons. The van der Waals surface area contributed by atoms with Crippen molar-refractivity contribution in [3.63, 3.8) is 0 Å². The summed E-state index contributed by atoms with van der Waals surface area (Å²) in [5, 5.41) is 6.29. The molecular formula is C14H20N2O. The molecule has 3 heteroatoms. The number of anilines is 1. The summed E-state index contributed by atoms with van der Waals surface area (Å²) >= 11 is 0. The number of fused-ring (bicyclic) bond motifs is 1. The number of benzene rings is 1. The molecule has 0 bridgehead atoms. The fourth-order valence-corrected chi connectivity index (χ4v) is 2.29. The average Bonchev–Trinajstić information content (AvgIpc) is 2.52. The third-order valence-electron chi connectivity index (χ3n) is 3.06. The van der Waals surface area contributed by atoms with Crippen LogP contribution in [0.15, 0.2) is 12.1 Å². The summed E-state index contributed by atoms with van der Waals surface area (Å²) in [5.74, 6) is 0.604. The number of nitrogens with one attached hydrogen (secondary N) is 2. The second-order valence-corrected chi connectivity index (χ2v) is 5.27. The smallest absolute Gasteiger partial charge is 0.246 e. The van der Waals surface area contributed by atoms with Crippen molar-refractivity contribution in [2.75, 3.05) is 11.9 Å². The number of amides is 1. The number of carbonyl (C=O) groups is 1. The number of carbonyl (C=O) groups excluding carboxylic acids is 1. The van der Waals surface area contributed by atoms with E-state index in [9.17, 15) is 4.79 Å². The standard InChI is InChI=1S/C14H20N2O/c1-8(2)7-15-13-11-6-9(3)5-10(4)12(11)16-14(13)17/h5-6,8,13,15H,7H2,1-4H3,(H,16,17). The largest absolute Gasteiger partial charge is 0.324 e. The molecule has 1 aromatic rings. The summed E-state index contributed by atoms with van der Waals surface area (Å²) in [4.78, 5) is 11.9. The second-order valence-electron chi connectivity index (χ2n) is 5.27. The normalized spacial score (nSPS) is 18.4. The van der Waals surface area contributed by atoms with Gasteiger partial charge in [0, 0.05) is 11.3 Å². The number of aryl methyl sites for hydroxylation is 2. The monoisotopic (exact) mass is 232 g/mol. The topological polar surface area (TPSA) is 41.1 Å². The van der Waals surface area contributed by atoms with Crippen LogP contribution in [-0.2, 0) is 4.79 Å². The Morgan fingerprint density at radius 3 is 2.71 bits per heavy atom. The van der Waals surface area contributed by atoms with E-state index in [1.807, 2.05) is 6.92 Å². The van der Waals surface area contributed by atoms with Crippen molar-refractivity contribution in [1.29, 1.82) is 0 Å². The van der Waals surface area contributed by atoms with Crippen LogP contribution in [0.1, 0.15) is 36.6 Å². The predicted octanol–water partition coefficient (Wildman–Crippen LogP) is 2.54. The molecule has 2 N–H and O–H groups in total. The van der Waals surface area contributed by atoms with Crippen molar-refractivity contribution in [2.24, 2.45) is 5.92 Å². The summed E-state index contributed by atoms with van der Waals surface area (Å²) in [7, 11) is 0. The molecule has 1 aromatic carbocycles. The predicted molar refractivity (Wildman–Crippen MR) is 70.1 cm³/mol. The molecule has 0 saturated carbocycles. The Bertz CT molecular complexity index is 452.